The molecule has 1 aromatic rings. The Balaban J connectivity index is 1.75. The first kappa shape index (κ1) is 13.1. The number of hydrogen-bond donors (Lipinski definition) is 0. The maximum atomic E-state index is 5.82. The Morgan fingerprint density at radius 3 is 2.82 bits per heavy atom. The van der Waals surface area contributed by atoms with Crippen LogP contribution in [0.25, 0.3) is 0 Å². The van der Waals surface area contributed by atoms with Crippen LogP contribution in [0.5, 0.6) is 0 Å². The van der Waals surface area contributed by atoms with Gasteiger partial charge >= 0.3 is 0 Å². The third-order valence-electron chi connectivity index (χ3n) is 3.15. The second-order valence-electron chi connectivity index (χ2n) is 4.53. The predicted molar refractivity (Wildman–Crippen MR) is 72.7 cm³/mol. The molecule has 1 heterocycles. The fourth-order valence-electron chi connectivity index (χ4n) is 2.05. The molecule has 2 nitrogen and oxygen atoms in total. The van der Waals surface area contributed by atoms with Crippen molar-refractivity contribution in [3.8, 4) is 0 Å². The van der Waals surface area contributed by atoms with Crippen LogP contribution in [0, 0.1) is 5.92 Å². The number of alkyl halides is 1. The minimum Gasteiger partial charge on any atom is -0.381 e. The summed E-state index contributed by atoms with van der Waals surface area (Å²) in [7, 11) is 0. The minimum atomic E-state index is 0.443. The van der Waals surface area contributed by atoms with E-state index in [1.165, 1.54) is 5.56 Å². The topological polar surface area (TPSA) is 18.5 Å². The first-order valence-corrected chi connectivity index (χ1v) is 7.28. The molecule has 0 aromatic heterocycles. The van der Waals surface area contributed by atoms with E-state index in [9.17, 15) is 0 Å². The van der Waals surface area contributed by atoms with Crippen molar-refractivity contribution in [1.82, 2.24) is 0 Å². The molecule has 0 aliphatic carbocycles. The molecule has 1 aromatic carbocycles. The van der Waals surface area contributed by atoms with Crippen molar-refractivity contribution >= 4 is 15.9 Å². The lowest BCUT2D eigenvalue weighted by atomic mass is 10.0. The van der Waals surface area contributed by atoms with E-state index in [0.717, 1.165) is 38.2 Å². The maximum Gasteiger partial charge on any atom is 0.0542 e. The van der Waals surface area contributed by atoms with E-state index in [2.05, 4.69) is 40.2 Å². The van der Waals surface area contributed by atoms with Gasteiger partial charge in [-0.1, -0.05) is 46.3 Å². The highest BCUT2D eigenvalue weighted by molar-refractivity contribution is 9.09. The molecule has 2 atom stereocenters. The Labute approximate surface area is 111 Å². The number of benzene rings is 1. The van der Waals surface area contributed by atoms with Gasteiger partial charge in [-0.05, 0) is 12.0 Å². The summed E-state index contributed by atoms with van der Waals surface area (Å²) in [5, 5.41) is 0.943. The zero-order chi connectivity index (χ0) is 11.9. The number of ether oxygens (including phenoxy) is 2. The molecule has 0 bridgehead atoms. The monoisotopic (exact) mass is 298 g/mol. The summed E-state index contributed by atoms with van der Waals surface area (Å²) in [6.45, 7) is 3.38. The van der Waals surface area contributed by atoms with Crippen molar-refractivity contribution in [2.75, 3.05) is 31.8 Å². The molecule has 0 amide bonds. The third-order valence-corrected chi connectivity index (χ3v) is 3.94. The van der Waals surface area contributed by atoms with Gasteiger partial charge in [-0.15, -0.1) is 0 Å². The highest BCUT2D eigenvalue weighted by atomic mass is 79.9. The Morgan fingerprint density at radius 1 is 1.35 bits per heavy atom. The number of hydrogen-bond acceptors (Lipinski definition) is 2. The molecule has 0 radical (unpaired) electrons. The van der Waals surface area contributed by atoms with Gasteiger partial charge in [0.2, 0.25) is 0 Å². The Bertz CT molecular complexity index is 309. The molecule has 1 aliphatic rings. The Morgan fingerprint density at radius 2 is 2.18 bits per heavy atom. The van der Waals surface area contributed by atoms with E-state index in [-0.39, 0.29) is 0 Å². The van der Waals surface area contributed by atoms with Crippen LogP contribution in [0.3, 0.4) is 0 Å². The molecular formula is C14H19BrO2. The Hall–Kier alpha value is -0.380. The molecule has 0 N–H and O–H groups in total. The quantitative estimate of drug-likeness (QED) is 0.751. The average Bonchev–Trinajstić information content (AvgIpc) is 2.89. The van der Waals surface area contributed by atoms with Crippen molar-refractivity contribution in [2.45, 2.75) is 12.3 Å². The lowest BCUT2D eigenvalue weighted by Gasteiger charge is -2.16. The fourth-order valence-corrected chi connectivity index (χ4v) is 2.61. The van der Waals surface area contributed by atoms with Gasteiger partial charge in [0.1, 0.15) is 0 Å². The van der Waals surface area contributed by atoms with E-state index in [0.29, 0.717) is 11.8 Å². The SMILES string of the molecule is BrCC(COCC1CCOC1)c1ccccc1. The average molecular weight is 299 g/mol. The van der Waals surface area contributed by atoms with Crippen LogP contribution in [0.4, 0.5) is 0 Å². The van der Waals surface area contributed by atoms with Crippen LogP contribution in [0.15, 0.2) is 30.3 Å². The first-order valence-electron chi connectivity index (χ1n) is 6.16. The van der Waals surface area contributed by atoms with Gasteiger partial charge in [-0.3, -0.25) is 0 Å². The summed E-state index contributed by atoms with van der Waals surface area (Å²) < 4.78 is 11.2. The summed E-state index contributed by atoms with van der Waals surface area (Å²) >= 11 is 3.56. The van der Waals surface area contributed by atoms with Gasteiger partial charge in [0.15, 0.2) is 0 Å². The van der Waals surface area contributed by atoms with Crippen molar-refractivity contribution in [3.05, 3.63) is 35.9 Å². The van der Waals surface area contributed by atoms with E-state index in [4.69, 9.17) is 9.47 Å². The van der Waals surface area contributed by atoms with Crippen LogP contribution < -0.4 is 0 Å². The summed E-state index contributed by atoms with van der Waals surface area (Å²) in [6.07, 6.45) is 1.14. The fraction of sp³-hybridized carbons (Fsp3) is 0.571. The molecule has 0 spiro atoms. The summed E-state index contributed by atoms with van der Waals surface area (Å²) in [5.74, 6) is 1.04. The van der Waals surface area contributed by atoms with Crippen LogP contribution in [0.2, 0.25) is 0 Å². The van der Waals surface area contributed by atoms with Crippen LogP contribution in [-0.4, -0.2) is 31.8 Å². The standard InChI is InChI=1S/C14H19BrO2/c15-8-14(13-4-2-1-3-5-13)11-17-10-12-6-7-16-9-12/h1-5,12,14H,6-11H2. The maximum absolute atomic E-state index is 5.82. The molecule has 1 aliphatic heterocycles. The smallest absolute Gasteiger partial charge is 0.0542 e. The number of rotatable bonds is 6. The number of halogens is 1. The van der Waals surface area contributed by atoms with Crippen LogP contribution in [-0.2, 0) is 9.47 Å². The van der Waals surface area contributed by atoms with Crippen LogP contribution >= 0.6 is 15.9 Å². The third kappa shape index (κ3) is 4.09. The van der Waals surface area contributed by atoms with E-state index >= 15 is 0 Å². The van der Waals surface area contributed by atoms with Gasteiger partial charge in [-0.25, -0.2) is 0 Å². The zero-order valence-electron chi connectivity index (χ0n) is 9.98. The normalized spacial score (nSPS) is 21.6. The lowest BCUT2D eigenvalue weighted by Crippen LogP contribution is -2.15. The predicted octanol–water partition coefficient (Wildman–Crippen LogP) is 3.22. The van der Waals surface area contributed by atoms with Gasteiger partial charge in [-0.2, -0.15) is 0 Å². The highest BCUT2D eigenvalue weighted by Crippen LogP contribution is 2.19. The van der Waals surface area contributed by atoms with Gasteiger partial charge in [0.05, 0.1) is 19.8 Å². The van der Waals surface area contributed by atoms with Crippen molar-refractivity contribution in [1.29, 1.82) is 0 Å². The van der Waals surface area contributed by atoms with Gasteiger partial charge in [0.25, 0.3) is 0 Å². The molecule has 17 heavy (non-hydrogen) atoms. The molecule has 0 saturated carbocycles. The first-order chi connectivity index (χ1) is 8.40. The lowest BCUT2D eigenvalue weighted by molar-refractivity contribution is 0.0833. The summed E-state index contributed by atoms with van der Waals surface area (Å²) in [6, 6.07) is 10.5. The van der Waals surface area contributed by atoms with Crippen LogP contribution in [0.1, 0.15) is 17.9 Å². The summed E-state index contributed by atoms with van der Waals surface area (Å²) in [4.78, 5) is 0. The van der Waals surface area contributed by atoms with E-state index in [1.54, 1.807) is 0 Å². The second kappa shape index (κ2) is 7.14. The zero-order valence-corrected chi connectivity index (χ0v) is 11.6. The van der Waals surface area contributed by atoms with Crippen molar-refractivity contribution < 1.29 is 9.47 Å². The molecule has 2 rings (SSSR count). The molecule has 2 unspecified atom stereocenters. The van der Waals surface area contributed by atoms with Gasteiger partial charge in [0, 0.05) is 23.8 Å². The molecule has 1 saturated heterocycles. The molecule has 94 valence electrons. The van der Waals surface area contributed by atoms with Gasteiger partial charge < -0.3 is 9.47 Å². The molecule has 3 heteroatoms. The molecular weight excluding hydrogens is 280 g/mol. The highest BCUT2D eigenvalue weighted by Gasteiger charge is 2.17. The summed E-state index contributed by atoms with van der Waals surface area (Å²) in [5.41, 5.74) is 1.34. The van der Waals surface area contributed by atoms with Crippen molar-refractivity contribution in [3.63, 3.8) is 0 Å². The largest absolute Gasteiger partial charge is 0.381 e. The van der Waals surface area contributed by atoms with Crippen molar-refractivity contribution in [2.24, 2.45) is 5.92 Å². The second-order valence-corrected chi connectivity index (χ2v) is 5.18. The van der Waals surface area contributed by atoms with E-state index in [1.807, 2.05) is 6.07 Å². The Kier molecular flexibility index (Phi) is 5.49. The van der Waals surface area contributed by atoms with E-state index < -0.39 is 0 Å². The molecule has 1 fully saturated rings. The minimum absolute atomic E-state index is 0.443.